The van der Waals surface area contributed by atoms with Gasteiger partial charge in [-0.05, 0) is 60.4 Å². The van der Waals surface area contributed by atoms with Crippen molar-refractivity contribution in [2.45, 2.75) is 20.5 Å². The van der Waals surface area contributed by atoms with Crippen LogP contribution >= 0.6 is 11.6 Å². The molecule has 3 rings (SSSR count). The monoisotopic (exact) mass is 391 g/mol. The minimum absolute atomic E-state index is 0.232. The van der Waals surface area contributed by atoms with Gasteiger partial charge in [-0.1, -0.05) is 60.1 Å². The van der Waals surface area contributed by atoms with Gasteiger partial charge in [0.05, 0.1) is 10.7 Å². The van der Waals surface area contributed by atoms with Gasteiger partial charge in [0.15, 0.2) is 0 Å². The third-order valence-electron chi connectivity index (χ3n) is 4.21. The fourth-order valence-corrected chi connectivity index (χ4v) is 3.23. The zero-order valence-electron chi connectivity index (χ0n) is 15.9. The Morgan fingerprint density at radius 3 is 2.57 bits per heavy atom. The molecule has 0 saturated carbocycles. The quantitative estimate of drug-likeness (QED) is 0.509. The first-order chi connectivity index (χ1) is 13.5. The number of benzene rings is 3. The van der Waals surface area contributed by atoms with Gasteiger partial charge in [0.25, 0.3) is 0 Å². The number of carbonyl (C=O) groups excluding carboxylic acids is 1. The molecule has 142 valence electrons. The van der Waals surface area contributed by atoms with Crippen molar-refractivity contribution in [1.29, 1.82) is 0 Å². The second kappa shape index (κ2) is 9.25. The molecule has 3 aromatic carbocycles. The molecule has 0 spiro atoms. The highest BCUT2D eigenvalue weighted by molar-refractivity contribution is 6.34. The van der Waals surface area contributed by atoms with Crippen LogP contribution in [0.3, 0.4) is 0 Å². The summed E-state index contributed by atoms with van der Waals surface area (Å²) in [5.74, 6) is 0.522. The van der Waals surface area contributed by atoms with Crippen molar-refractivity contribution in [2.75, 3.05) is 5.32 Å². The molecule has 4 heteroatoms. The molecule has 0 saturated heterocycles. The van der Waals surface area contributed by atoms with Crippen LogP contribution in [-0.4, -0.2) is 5.91 Å². The highest BCUT2D eigenvalue weighted by atomic mass is 35.5. The van der Waals surface area contributed by atoms with Gasteiger partial charge in [0.2, 0.25) is 5.91 Å². The van der Waals surface area contributed by atoms with E-state index in [1.807, 2.05) is 80.6 Å². The van der Waals surface area contributed by atoms with E-state index >= 15 is 0 Å². The second-order valence-electron chi connectivity index (χ2n) is 6.61. The molecule has 3 aromatic rings. The van der Waals surface area contributed by atoms with E-state index in [0.717, 1.165) is 28.0 Å². The molecule has 0 fully saturated rings. The van der Waals surface area contributed by atoms with Crippen molar-refractivity contribution in [2.24, 2.45) is 0 Å². The van der Waals surface area contributed by atoms with Gasteiger partial charge in [-0.25, -0.2) is 0 Å². The summed E-state index contributed by atoms with van der Waals surface area (Å²) < 4.78 is 5.83. The van der Waals surface area contributed by atoms with Gasteiger partial charge in [-0.3, -0.25) is 4.79 Å². The van der Waals surface area contributed by atoms with Crippen LogP contribution in [0.2, 0.25) is 5.02 Å². The standard InChI is InChI=1S/C24H22ClNO2/c1-17-13-18(2)24(22(25)14-17)26-23(27)12-11-19-9-6-10-21(15-19)28-16-20-7-4-3-5-8-20/h3-15H,16H2,1-2H3,(H,26,27)/b12-11+. The molecule has 3 nitrogen and oxygen atoms in total. The molecule has 0 bridgehead atoms. The number of anilines is 1. The molecule has 0 unspecified atom stereocenters. The van der Waals surface area contributed by atoms with Crippen molar-refractivity contribution in [3.05, 3.63) is 100 Å². The predicted octanol–water partition coefficient (Wildman–Crippen LogP) is 6.19. The van der Waals surface area contributed by atoms with E-state index < -0.39 is 0 Å². The Bertz CT molecular complexity index is 973. The Morgan fingerprint density at radius 1 is 1.04 bits per heavy atom. The Hall–Kier alpha value is -3.04. The van der Waals surface area contributed by atoms with E-state index in [2.05, 4.69) is 5.32 Å². The number of halogens is 1. The third kappa shape index (κ3) is 5.48. The van der Waals surface area contributed by atoms with Crippen LogP contribution in [-0.2, 0) is 11.4 Å². The zero-order valence-corrected chi connectivity index (χ0v) is 16.7. The van der Waals surface area contributed by atoms with Gasteiger partial charge >= 0.3 is 0 Å². The van der Waals surface area contributed by atoms with E-state index in [-0.39, 0.29) is 5.91 Å². The summed E-state index contributed by atoms with van der Waals surface area (Å²) in [4.78, 5) is 12.3. The maximum Gasteiger partial charge on any atom is 0.248 e. The first kappa shape index (κ1) is 19.7. The number of hydrogen-bond donors (Lipinski definition) is 1. The summed E-state index contributed by atoms with van der Waals surface area (Å²) >= 11 is 6.25. The van der Waals surface area contributed by atoms with Crippen molar-refractivity contribution in [1.82, 2.24) is 0 Å². The van der Waals surface area contributed by atoms with Crippen LogP contribution < -0.4 is 10.1 Å². The lowest BCUT2D eigenvalue weighted by Gasteiger charge is -2.10. The zero-order chi connectivity index (χ0) is 19.9. The minimum Gasteiger partial charge on any atom is -0.489 e. The number of ether oxygens (including phenoxy) is 1. The molecule has 0 heterocycles. The average molecular weight is 392 g/mol. The van der Waals surface area contributed by atoms with Gasteiger partial charge in [0, 0.05) is 6.08 Å². The number of rotatable bonds is 6. The Morgan fingerprint density at radius 2 is 1.82 bits per heavy atom. The second-order valence-corrected chi connectivity index (χ2v) is 7.02. The predicted molar refractivity (Wildman–Crippen MR) is 116 cm³/mol. The normalized spacial score (nSPS) is 10.8. The topological polar surface area (TPSA) is 38.3 Å². The molecule has 0 aliphatic heterocycles. The number of hydrogen-bond acceptors (Lipinski definition) is 2. The summed E-state index contributed by atoms with van der Waals surface area (Å²) in [7, 11) is 0. The lowest BCUT2D eigenvalue weighted by atomic mass is 10.1. The molecular weight excluding hydrogens is 370 g/mol. The first-order valence-electron chi connectivity index (χ1n) is 9.04. The Kier molecular flexibility index (Phi) is 6.51. The highest BCUT2D eigenvalue weighted by Gasteiger charge is 2.07. The molecular formula is C24H22ClNO2. The summed E-state index contributed by atoms with van der Waals surface area (Å²) in [6.45, 7) is 4.39. The van der Waals surface area contributed by atoms with E-state index in [9.17, 15) is 4.79 Å². The molecule has 1 amide bonds. The first-order valence-corrected chi connectivity index (χ1v) is 9.41. The fraction of sp³-hybridized carbons (Fsp3) is 0.125. The van der Waals surface area contributed by atoms with Gasteiger partial charge < -0.3 is 10.1 Å². The molecule has 1 N–H and O–H groups in total. The number of amides is 1. The van der Waals surface area contributed by atoms with E-state index in [4.69, 9.17) is 16.3 Å². The van der Waals surface area contributed by atoms with Crippen LogP contribution in [0.15, 0.2) is 72.8 Å². The smallest absolute Gasteiger partial charge is 0.248 e. The summed E-state index contributed by atoms with van der Waals surface area (Å²) in [5, 5.41) is 3.39. The van der Waals surface area contributed by atoms with Gasteiger partial charge in [-0.2, -0.15) is 0 Å². The average Bonchev–Trinajstić information content (AvgIpc) is 2.69. The van der Waals surface area contributed by atoms with Crippen LogP contribution in [0.4, 0.5) is 5.69 Å². The highest BCUT2D eigenvalue weighted by Crippen LogP contribution is 2.27. The summed E-state index contributed by atoms with van der Waals surface area (Å²) in [5.41, 5.74) is 4.62. The third-order valence-corrected chi connectivity index (χ3v) is 4.51. The van der Waals surface area contributed by atoms with Crippen molar-refractivity contribution >= 4 is 29.3 Å². The summed E-state index contributed by atoms with van der Waals surface area (Å²) in [6, 6.07) is 21.4. The van der Waals surface area contributed by atoms with Crippen LogP contribution in [0.1, 0.15) is 22.3 Å². The number of nitrogens with one attached hydrogen (secondary N) is 1. The van der Waals surface area contributed by atoms with Gasteiger partial charge in [0.1, 0.15) is 12.4 Å². The molecule has 0 atom stereocenters. The van der Waals surface area contributed by atoms with E-state index in [1.165, 1.54) is 6.08 Å². The maximum atomic E-state index is 12.3. The Labute approximate surface area is 170 Å². The van der Waals surface area contributed by atoms with E-state index in [0.29, 0.717) is 17.3 Å². The lowest BCUT2D eigenvalue weighted by molar-refractivity contribution is -0.111. The SMILES string of the molecule is Cc1cc(C)c(NC(=O)/C=C/c2cccc(OCc3ccccc3)c2)c(Cl)c1. The fourth-order valence-electron chi connectivity index (χ4n) is 2.86. The van der Waals surface area contributed by atoms with Crippen molar-refractivity contribution in [3.8, 4) is 5.75 Å². The van der Waals surface area contributed by atoms with Crippen molar-refractivity contribution < 1.29 is 9.53 Å². The van der Waals surface area contributed by atoms with Gasteiger partial charge in [-0.15, -0.1) is 0 Å². The molecule has 0 radical (unpaired) electrons. The number of aryl methyl sites for hydroxylation is 2. The Balaban J connectivity index is 1.63. The maximum absolute atomic E-state index is 12.3. The minimum atomic E-state index is -0.232. The van der Waals surface area contributed by atoms with Crippen LogP contribution in [0.25, 0.3) is 6.08 Å². The van der Waals surface area contributed by atoms with E-state index in [1.54, 1.807) is 6.08 Å². The molecule has 28 heavy (non-hydrogen) atoms. The molecule has 0 aromatic heterocycles. The molecule has 0 aliphatic rings. The van der Waals surface area contributed by atoms with Crippen molar-refractivity contribution in [3.63, 3.8) is 0 Å². The van der Waals surface area contributed by atoms with Crippen LogP contribution in [0.5, 0.6) is 5.75 Å². The molecule has 0 aliphatic carbocycles. The lowest BCUT2D eigenvalue weighted by Crippen LogP contribution is -2.09. The number of carbonyl (C=O) groups is 1. The largest absolute Gasteiger partial charge is 0.489 e. The summed E-state index contributed by atoms with van der Waals surface area (Å²) in [6.07, 6.45) is 3.24. The van der Waals surface area contributed by atoms with Crippen LogP contribution in [0, 0.1) is 13.8 Å².